The summed E-state index contributed by atoms with van der Waals surface area (Å²) in [6.07, 6.45) is 0. The fourth-order valence-corrected chi connectivity index (χ4v) is 4.26. The quantitative estimate of drug-likeness (QED) is 0.388. The minimum Gasteiger partial charge on any atom is -0.309 e. The molecule has 4 rings (SSSR count). The average Bonchev–Trinajstić information content (AvgIpc) is 2.94. The Kier molecular flexibility index (Phi) is 4.31. The first kappa shape index (κ1) is 19.0. The van der Waals surface area contributed by atoms with E-state index in [1.807, 2.05) is 0 Å². The van der Waals surface area contributed by atoms with Gasteiger partial charge in [-0.1, -0.05) is 83.1 Å². The molecule has 0 unspecified atom stereocenters. The highest BCUT2D eigenvalue weighted by Gasteiger charge is 2.20. The largest absolute Gasteiger partial charge is 0.309 e. The Hall–Kier alpha value is -2.32. The summed E-state index contributed by atoms with van der Waals surface area (Å²) in [6.45, 7) is 13.7. The Balaban J connectivity index is 2.13. The molecule has 0 fully saturated rings. The van der Waals surface area contributed by atoms with Gasteiger partial charge in [-0.3, -0.25) is 0 Å². The van der Waals surface area contributed by atoms with Gasteiger partial charge in [-0.2, -0.15) is 0 Å². The number of rotatable bonds is 1. The molecule has 0 saturated heterocycles. The van der Waals surface area contributed by atoms with E-state index in [1.165, 1.54) is 43.8 Å². The summed E-state index contributed by atoms with van der Waals surface area (Å²) >= 11 is 0. The standard InChI is InChI=1S/C26H31NSi/c1-25(2,3)17-7-13-21-22-14-8-18(26(4,5)6)16-24(22)27(23(21)15-17)19-9-11-20(28)12-10-19/h7-16H,1-6,28H3. The first-order valence-electron chi connectivity index (χ1n) is 10.2. The fraction of sp³-hybridized carbons (Fsp3) is 0.308. The third-order valence-electron chi connectivity index (χ3n) is 5.79. The van der Waals surface area contributed by atoms with Crippen LogP contribution >= 0.6 is 0 Å². The molecule has 0 aliphatic heterocycles. The Bertz CT molecular complexity index is 1090. The SMILES string of the molecule is CC(C)(C)c1ccc2c3ccc(C(C)(C)C)cc3n(-c3ccc([SiH3])cc3)c2c1. The summed E-state index contributed by atoms with van der Waals surface area (Å²) in [5.74, 6) is 0. The number of hydrogen-bond acceptors (Lipinski definition) is 0. The molecule has 0 spiro atoms. The Morgan fingerprint density at radius 1 is 0.607 bits per heavy atom. The van der Waals surface area contributed by atoms with E-state index < -0.39 is 0 Å². The van der Waals surface area contributed by atoms with E-state index in [1.54, 1.807) is 0 Å². The zero-order chi connectivity index (χ0) is 20.3. The van der Waals surface area contributed by atoms with E-state index in [9.17, 15) is 0 Å². The van der Waals surface area contributed by atoms with Crippen molar-refractivity contribution in [3.8, 4) is 5.69 Å². The summed E-state index contributed by atoms with van der Waals surface area (Å²) in [6, 6.07) is 23.1. The summed E-state index contributed by atoms with van der Waals surface area (Å²) < 4.78 is 2.45. The number of fused-ring (bicyclic) bond motifs is 3. The van der Waals surface area contributed by atoms with Gasteiger partial charge in [0.15, 0.2) is 0 Å². The molecule has 4 aromatic rings. The van der Waals surface area contributed by atoms with Crippen molar-refractivity contribution in [1.82, 2.24) is 4.57 Å². The molecule has 0 aliphatic rings. The summed E-state index contributed by atoms with van der Waals surface area (Å²) in [7, 11) is 1.08. The third kappa shape index (κ3) is 3.20. The van der Waals surface area contributed by atoms with Crippen LogP contribution in [0.1, 0.15) is 52.7 Å². The number of aromatic nitrogens is 1. The van der Waals surface area contributed by atoms with E-state index in [2.05, 4.69) is 107 Å². The second-order valence-electron chi connectivity index (χ2n) is 10.1. The normalized spacial score (nSPS) is 12.9. The van der Waals surface area contributed by atoms with E-state index >= 15 is 0 Å². The van der Waals surface area contributed by atoms with Crippen LogP contribution in [0.4, 0.5) is 0 Å². The molecule has 0 N–H and O–H groups in total. The number of hydrogen-bond donors (Lipinski definition) is 0. The zero-order valence-electron chi connectivity index (χ0n) is 18.2. The molecule has 0 bridgehead atoms. The summed E-state index contributed by atoms with van der Waals surface area (Å²) in [4.78, 5) is 0. The van der Waals surface area contributed by atoms with Crippen LogP contribution in [0.5, 0.6) is 0 Å². The van der Waals surface area contributed by atoms with Crippen molar-refractivity contribution in [2.24, 2.45) is 0 Å². The lowest BCUT2D eigenvalue weighted by atomic mass is 9.86. The lowest BCUT2D eigenvalue weighted by molar-refractivity contribution is 0.591. The maximum Gasteiger partial charge on any atom is 0.0544 e. The minimum atomic E-state index is 0.130. The van der Waals surface area contributed by atoms with Crippen LogP contribution in [0.25, 0.3) is 27.5 Å². The van der Waals surface area contributed by atoms with Crippen molar-refractivity contribution in [3.05, 3.63) is 71.8 Å². The molecule has 0 aliphatic carbocycles. The average molecular weight is 386 g/mol. The Labute approximate surface area is 171 Å². The third-order valence-corrected chi connectivity index (χ3v) is 6.46. The van der Waals surface area contributed by atoms with Gasteiger partial charge in [-0.15, -0.1) is 0 Å². The maximum absolute atomic E-state index is 2.45. The van der Waals surface area contributed by atoms with Crippen molar-refractivity contribution in [2.45, 2.75) is 52.4 Å². The molecule has 0 saturated carbocycles. The van der Waals surface area contributed by atoms with Gasteiger partial charge in [-0.05, 0) is 46.2 Å². The molecule has 0 amide bonds. The van der Waals surface area contributed by atoms with Crippen LogP contribution < -0.4 is 5.19 Å². The Morgan fingerprint density at radius 2 is 1.04 bits per heavy atom. The monoisotopic (exact) mass is 385 g/mol. The van der Waals surface area contributed by atoms with Crippen LogP contribution in [-0.4, -0.2) is 14.8 Å². The van der Waals surface area contributed by atoms with Crippen molar-refractivity contribution >= 4 is 37.2 Å². The van der Waals surface area contributed by atoms with Crippen molar-refractivity contribution in [2.75, 3.05) is 0 Å². The second kappa shape index (κ2) is 6.35. The van der Waals surface area contributed by atoms with E-state index in [0.717, 1.165) is 10.2 Å². The molecule has 1 heterocycles. The molecule has 0 radical (unpaired) electrons. The smallest absolute Gasteiger partial charge is 0.0544 e. The van der Waals surface area contributed by atoms with Crippen LogP contribution in [0.15, 0.2) is 60.7 Å². The van der Waals surface area contributed by atoms with Gasteiger partial charge >= 0.3 is 0 Å². The molecular formula is C26H31NSi. The van der Waals surface area contributed by atoms with Gasteiger partial charge in [0.1, 0.15) is 0 Å². The molecule has 0 atom stereocenters. The molecule has 144 valence electrons. The Morgan fingerprint density at radius 3 is 1.43 bits per heavy atom. The fourth-order valence-electron chi connectivity index (χ4n) is 3.92. The molecule has 3 aromatic carbocycles. The van der Waals surface area contributed by atoms with Crippen LogP contribution in [0.2, 0.25) is 0 Å². The van der Waals surface area contributed by atoms with Gasteiger partial charge in [-0.25, -0.2) is 0 Å². The predicted octanol–water partition coefficient (Wildman–Crippen LogP) is 5.37. The minimum absolute atomic E-state index is 0.130. The highest BCUT2D eigenvalue weighted by Crippen LogP contribution is 2.37. The molecule has 28 heavy (non-hydrogen) atoms. The van der Waals surface area contributed by atoms with Crippen molar-refractivity contribution in [1.29, 1.82) is 0 Å². The highest BCUT2D eigenvalue weighted by atomic mass is 28.1. The lowest BCUT2D eigenvalue weighted by Crippen LogP contribution is -2.11. The van der Waals surface area contributed by atoms with Gasteiger partial charge in [0.2, 0.25) is 0 Å². The van der Waals surface area contributed by atoms with E-state index in [4.69, 9.17) is 0 Å². The zero-order valence-corrected chi connectivity index (χ0v) is 20.2. The van der Waals surface area contributed by atoms with Crippen LogP contribution in [-0.2, 0) is 10.8 Å². The first-order chi connectivity index (χ1) is 13.1. The van der Waals surface area contributed by atoms with E-state index in [-0.39, 0.29) is 10.8 Å². The van der Waals surface area contributed by atoms with Gasteiger partial charge < -0.3 is 4.57 Å². The van der Waals surface area contributed by atoms with Gasteiger partial charge in [0.25, 0.3) is 0 Å². The molecule has 1 aromatic heterocycles. The molecule has 1 nitrogen and oxygen atoms in total. The maximum atomic E-state index is 2.45. The number of nitrogens with zero attached hydrogens (tertiary/aromatic N) is 1. The van der Waals surface area contributed by atoms with Gasteiger partial charge in [0.05, 0.1) is 11.0 Å². The van der Waals surface area contributed by atoms with Crippen molar-refractivity contribution < 1.29 is 0 Å². The molecular weight excluding hydrogens is 354 g/mol. The number of benzene rings is 3. The summed E-state index contributed by atoms with van der Waals surface area (Å²) in [5.41, 5.74) is 6.86. The lowest BCUT2D eigenvalue weighted by Gasteiger charge is -2.20. The van der Waals surface area contributed by atoms with Gasteiger partial charge in [0, 0.05) is 26.7 Å². The van der Waals surface area contributed by atoms with E-state index in [0.29, 0.717) is 0 Å². The van der Waals surface area contributed by atoms with Crippen LogP contribution in [0, 0.1) is 0 Å². The first-order valence-corrected chi connectivity index (χ1v) is 11.2. The highest BCUT2D eigenvalue weighted by molar-refractivity contribution is 6.32. The second-order valence-corrected chi connectivity index (χ2v) is 11.3. The topological polar surface area (TPSA) is 4.93 Å². The molecule has 2 heteroatoms. The predicted molar refractivity (Wildman–Crippen MR) is 128 cm³/mol. The van der Waals surface area contributed by atoms with Crippen molar-refractivity contribution in [3.63, 3.8) is 0 Å². The summed E-state index contributed by atoms with van der Waals surface area (Å²) in [5, 5.41) is 4.09. The van der Waals surface area contributed by atoms with Crippen LogP contribution in [0.3, 0.4) is 0 Å².